The van der Waals surface area contributed by atoms with Crippen molar-refractivity contribution < 1.29 is 0 Å². The molecule has 1 aliphatic rings. The van der Waals surface area contributed by atoms with Crippen LogP contribution in [0.2, 0.25) is 0 Å². The quantitative estimate of drug-likeness (QED) is 0.725. The zero-order valence-corrected chi connectivity index (χ0v) is 11.9. The van der Waals surface area contributed by atoms with Gasteiger partial charge in [-0.15, -0.1) is 5.12 Å². The lowest BCUT2D eigenvalue weighted by atomic mass is 10.1. The van der Waals surface area contributed by atoms with Gasteiger partial charge in [0.05, 0.1) is 0 Å². The molecule has 1 aromatic heterocycles. The van der Waals surface area contributed by atoms with E-state index in [-0.39, 0.29) is 0 Å². The van der Waals surface area contributed by atoms with E-state index in [1.807, 2.05) is 13.1 Å². The van der Waals surface area contributed by atoms with Gasteiger partial charge in [0.25, 0.3) is 0 Å². The fourth-order valence-electron chi connectivity index (χ4n) is 2.33. The maximum atomic E-state index is 4.53. The molecule has 3 rings (SSSR count). The Balaban J connectivity index is 1.84. The van der Waals surface area contributed by atoms with E-state index in [1.54, 1.807) is 17.5 Å². The number of hydrazine groups is 2. The second-order valence-electron chi connectivity index (χ2n) is 4.86. The smallest absolute Gasteiger partial charge is 0.161 e. The van der Waals surface area contributed by atoms with Gasteiger partial charge in [0.2, 0.25) is 0 Å². The monoisotopic (exact) mass is 282 g/mol. The molecule has 0 fully saturated rings. The van der Waals surface area contributed by atoms with E-state index < -0.39 is 0 Å². The number of anilines is 1. The van der Waals surface area contributed by atoms with E-state index in [9.17, 15) is 0 Å². The summed E-state index contributed by atoms with van der Waals surface area (Å²) in [7, 11) is 1.84. The number of aromatic nitrogens is 2. The third-order valence-electron chi connectivity index (χ3n) is 3.32. The molecule has 6 heteroatoms. The first-order chi connectivity index (χ1) is 10.3. The molecule has 6 nitrogen and oxygen atoms in total. The third-order valence-corrected chi connectivity index (χ3v) is 3.32. The lowest BCUT2D eigenvalue weighted by molar-refractivity contribution is 0.336. The SMILES string of the molecule is C=CNN(C)Nc1ccnc(-c2ccc3c(c2)CNC3)n1. The van der Waals surface area contributed by atoms with E-state index in [1.165, 1.54) is 11.1 Å². The molecular weight excluding hydrogens is 264 g/mol. The largest absolute Gasteiger partial charge is 0.310 e. The standard InChI is InChI=1S/C15H18N6/c1-3-18-21(2)20-14-6-7-17-15(19-14)11-4-5-12-9-16-10-13(12)8-11/h3-8,16,18H,1,9-10H2,2H3,(H,17,19,20). The Morgan fingerprint density at radius 3 is 3.00 bits per heavy atom. The van der Waals surface area contributed by atoms with Crippen molar-refractivity contribution in [1.29, 1.82) is 0 Å². The molecule has 0 saturated heterocycles. The molecule has 3 N–H and O–H groups in total. The highest BCUT2D eigenvalue weighted by atomic mass is 15.7. The van der Waals surface area contributed by atoms with Gasteiger partial charge in [0, 0.05) is 44.2 Å². The number of nitrogens with one attached hydrogen (secondary N) is 3. The molecule has 0 amide bonds. The lowest BCUT2D eigenvalue weighted by Gasteiger charge is -2.18. The summed E-state index contributed by atoms with van der Waals surface area (Å²) in [6.45, 7) is 5.46. The van der Waals surface area contributed by atoms with Crippen LogP contribution in [-0.2, 0) is 13.1 Å². The average molecular weight is 282 g/mol. The van der Waals surface area contributed by atoms with Crippen molar-refractivity contribution in [1.82, 2.24) is 25.8 Å². The van der Waals surface area contributed by atoms with Gasteiger partial charge in [-0.05, 0) is 17.2 Å². The number of benzene rings is 1. The number of fused-ring (bicyclic) bond motifs is 1. The lowest BCUT2D eigenvalue weighted by Crippen LogP contribution is -2.35. The van der Waals surface area contributed by atoms with Gasteiger partial charge >= 0.3 is 0 Å². The van der Waals surface area contributed by atoms with Gasteiger partial charge in [-0.25, -0.2) is 9.97 Å². The van der Waals surface area contributed by atoms with Crippen LogP contribution < -0.4 is 16.2 Å². The Hall–Kier alpha value is -2.44. The van der Waals surface area contributed by atoms with Gasteiger partial charge < -0.3 is 10.7 Å². The molecule has 2 heterocycles. The van der Waals surface area contributed by atoms with Crippen LogP contribution in [0.5, 0.6) is 0 Å². The van der Waals surface area contributed by atoms with Crippen molar-refractivity contribution in [2.45, 2.75) is 13.1 Å². The number of rotatable bonds is 5. The zero-order chi connectivity index (χ0) is 14.7. The van der Waals surface area contributed by atoms with E-state index in [0.717, 1.165) is 24.5 Å². The minimum Gasteiger partial charge on any atom is -0.310 e. The molecule has 2 aromatic rings. The molecule has 0 atom stereocenters. The Kier molecular flexibility index (Phi) is 3.81. The first-order valence-corrected chi connectivity index (χ1v) is 6.79. The van der Waals surface area contributed by atoms with Gasteiger partial charge in [-0.2, -0.15) is 0 Å². The Labute approximate surface area is 123 Å². The highest BCUT2D eigenvalue weighted by Crippen LogP contribution is 2.23. The fourth-order valence-corrected chi connectivity index (χ4v) is 2.33. The first kappa shape index (κ1) is 13.5. The summed E-state index contributed by atoms with van der Waals surface area (Å²) in [6.07, 6.45) is 3.33. The molecule has 0 bridgehead atoms. The molecule has 1 aromatic carbocycles. The molecule has 0 aliphatic carbocycles. The molecule has 21 heavy (non-hydrogen) atoms. The molecule has 0 spiro atoms. The Bertz CT molecular complexity index is 654. The predicted octanol–water partition coefficient (Wildman–Crippen LogP) is 1.65. The second-order valence-corrected chi connectivity index (χ2v) is 4.86. The normalized spacial score (nSPS) is 13.0. The van der Waals surface area contributed by atoms with Crippen LogP contribution >= 0.6 is 0 Å². The maximum absolute atomic E-state index is 4.53. The van der Waals surface area contributed by atoms with Crippen LogP contribution in [0.1, 0.15) is 11.1 Å². The van der Waals surface area contributed by atoms with Crippen molar-refractivity contribution >= 4 is 5.82 Å². The topological polar surface area (TPSA) is 65.1 Å². The van der Waals surface area contributed by atoms with Gasteiger partial charge in [0.1, 0.15) is 5.82 Å². The van der Waals surface area contributed by atoms with Crippen LogP contribution in [0.15, 0.2) is 43.2 Å². The highest BCUT2D eigenvalue weighted by Gasteiger charge is 2.12. The predicted molar refractivity (Wildman–Crippen MR) is 82.7 cm³/mol. The van der Waals surface area contributed by atoms with Gasteiger partial charge in [-0.3, -0.25) is 5.43 Å². The van der Waals surface area contributed by atoms with Crippen LogP contribution in [0, 0.1) is 0 Å². The average Bonchev–Trinajstić information content (AvgIpc) is 2.95. The van der Waals surface area contributed by atoms with E-state index in [2.05, 4.69) is 50.9 Å². The molecule has 0 radical (unpaired) electrons. The van der Waals surface area contributed by atoms with Crippen molar-refractivity contribution in [3.8, 4) is 11.4 Å². The van der Waals surface area contributed by atoms with Crippen LogP contribution in [0.3, 0.4) is 0 Å². The maximum Gasteiger partial charge on any atom is 0.161 e. The Morgan fingerprint density at radius 1 is 1.29 bits per heavy atom. The third kappa shape index (κ3) is 3.01. The summed E-state index contributed by atoms with van der Waals surface area (Å²) in [5.41, 5.74) is 9.69. The van der Waals surface area contributed by atoms with Crippen LogP contribution in [0.25, 0.3) is 11.4 Å². The summed E-state index contributed by atoms with van der Waals surface area (Å²) in [4.78, 5) is 8.89. The minimum absolute atomic E-state index is 0.710. The van der Waals surface area contributed by atoms with Crippen molar-refractivity contribution in [2.24, 2.45) is 0 Å². The van der Waals surface area contributed by atoms with Crippen molar-refractivity contribution in [3.63, 3.8) is 0 Å². The highest BCUT2D eigenvalue weighted by molar-refractivity contribution is 5.59. The summed E-state index contributed by atoms with van der Waals surface area (Å²) in [5.74, 6) is 1.43. The summed E-state index contributed by atoms with van der Waals surface area (Å²) in [6, 6.07) is 8.18. The number of hydrogen-bond donors (Lipinski definition) is 3. The fraction of sp³-hybridized carbons (Fsp3) is 0.200. The van der Waals surface area contributed by atoms with E-state index in [0.29, 0.717) is 5.82 Å². The second kappa shape index (κ2) is 5.90. The molecule has 108 valence electrons. The van der Waals surface area contributed by atoms with E-state index >= 15 is 0 Å². The summed E-state index contributed by atoms with van der Waals surface area (Å²) >= 11 is 0. The van der Waals surface area contributed by atoms with Gasteiger partial charge in [-0.1, -0.05) is 18.7 Å². The zero-order valence-electron chi connectivity index (χ0n) is 11.9. The first-order valence-electron chi connectivity index (χ1n) is 6.79. The van der Waals surface area contributed by atoms with Crippen LogP contribution in [0.4, 0.5) is 5.82 Å². The van der Waals surface area contributed by atoms with Crippen molar-refractivity contribution in [2.75, 3.05) is 12.5 Å². The molecule has 0 unspecified atom stereocenters. The van der Waals surface area contributed by atoms with Crippen LogP contribution in [-0.4, -0.2) is 22.1 Å². The number of nitrogens with zero attached hydrogens (tertiary/aromatic N) is 3. The van der Waals surface area contributed by atoms with E-state index in [4.69, 9.17) is 0 Å². The molecule has 1 aliphatic heterocycles. The molecular formula is C15H18N6. The Morgan fingerprint density at radius 2 is 2.14 bits per heavy atom. The summed E-state index contributed by atoms with van der Waals surface area (Å²) < 4.78 is 0. The number of hydrogen-bond acceptors (Lipinski definition) is 6. The summed E-state index contributed by atoms with van der Waals surface area (Å²) in [5, 5.41) is 5.01. The minimum atomic E-state index is 0.710. The van der Waals surface area contributed by atoms with Gasteiger partial charge in [0.15, 0.2) is 5.82 Å². The molecule has 0 saturated carbocycles. The van der Waals surface area contributed by atoms with Crippen molar-refractivity contribution in [3.05, 3.63) is 54.4 Å².